The van der Waals surface area contributed by atoms with Crippen LogP contribution >= 0.6 is 0 Å². The molecule has 8 heteroatoms. The van der Waals surface area contributed by atoms with Crippen molar-refractivity contribution in [2.24, 2.45) is 0 Å². The summed E-state index contributed by atoms with van der Waals surface area (Å²) in [5, 5.41) is 7.69. The van der Waals surface area contributed by atoms with Crippen molar-refractivity contribution in [3.8, 4) is 0 Å². The highest BCUT2D eigenvalue weighted by Crippen LogP contribution is 2.29. The Balaban J connectivity index is 1.51. The number of aromatic nitrogens is 5. The second-order valence-electron chi connectivity index (χ2n) is 8.49. The monoisotopic (exact) mass is 416 g/mol. The number of nitrogens with one attached hydrogen (secondary N) is 2. The average molecular weight is 417 g/mol. The van der Waals surface area contributed by atoms with Gasteiger partial charge in [0.15, 0.2) is 0 Å². The lowest BCUT2D eigenvalue weighted by atomic mass is 10.1. The van der Waals surface area contributed by atoms with Gasteiger partial charge in [-0.3, -0.25) is 0 Å². The fraction of sp³-hybridized carbons (Fsp3) is 0.391. The van der Waals surface area contributed by atoms with Crippen LogP contribution in [0.15, 0.2) is 30.9 Å². The Labute approximate surface area is 181 Å². The van der Waals surface area contributed by atoms with E-state index in [4.69, 9.17) is 4.98 Å². The van der Waals surface area contributed by atoms with Gasteiger partial charge in [-0.2, -0.15) is 0 Å². The lowest BCUT2D eigenvalue weighted by Crippen LogP contribution is -2.43. The molecule has 0 saturated carbocycles. The van der Waals surface area contributed by atoms with E-state index < -0.39 is 0 Å². The molecule has 1 aliphatic heterocycles. The largest absolute Gasteiger partial charge is 0.368 e. The number of hydrogen-bond acceptors (Lipinski definition) is 7. The summed E-state index contributed by atoms with van der Waals surface area (Å²) in [6.45, 7) is 12.5. The third-order valence-electron chi connectivity index (χ3n) is 5.92. The fourth-order valence-electron chi connectivity index (χ4n) is 4.29. The van der Waals surface area contributed by atoms with Crippen LogP contribution in [0.1, 0.15) is 31.0 Å². The normalized spacial score (nSPS) is 14.7. The number of anilines is 3. The van der Waals surface area contributed by atoms with E-state index in [1.807, 2.05) is 18.7 Å². The van der Waals surface area contributed by atoms with E-state index in [9.17, 15) is 0 Å². The van der Waals surface area contributed by atoms with Crippen molar-refractivity contribution in [1.82, 2.24) is 29.8 Å². The number of imidazole rings is 1. The van der Waals surface area contributed by atoms with Crippen LogP contribution in [-0.4, -0.2) is 50.7 Å². The van der Waals surface area contributed by atoms with Crippen LogP contribution in [0.3, 0.4) is 0 Å². The first-order chi connectivity index (χ1) is 15.0. The van der Waals surface area contributed by atoms with Crippen molar-refractivity contribution in [3.63, 3.8) is 0 Å². The van der Waals surface area contributed by atoms with Gasteiger partial charge in [-0.15, -0.1) is 0 Å². The van der Waals surface area contributed by atoms with Crippen LogP contribution in [0.5, 0.6) is 0 Å². The molecule has 8 nitrogen and oxygen atoms in total. The van der Waals surface area contributed by atoms with Crippen LogP contribution in [0.4, 0.5) is 17.5 Å². The summed E-state index contributed by atoms with van der Waals surface area (Å²) < 4.78 is 2.17. The number of rotatable bonds is 4. The molecule has 1 fully saturated rings. The molecule has 4 aromatic rings. The maximum atomic E-state index is 4.86. The molecule has 1 saturated heterocycles. The molecule has 1 aromatic carbocycles. The van der Waals surface area contributed by atoms with Gasteiger partial charge in [0.1, 0.15) is 11.3 Å². The Bertz CT molecular complexity index is 1250. The number of benzene rings is 1. The summed E-state index contributed by atoms with van der Waals surface area (Å²) >= 11 is 0. The molecule has 160 valence electrons. The van der Waals surface area contributed by atoms with Crippen LogP contribution in [0.2, 0.25) is 0 Å². The quantitative estimate of drug-likeness (QED) is 0.524. The predicted molar refractivity (Wildman–Crippen MR) is 125 cm³/mol. The van der Waals surface area contributed by atoms with E-state index in [1.165, 1.54) is 11.3 Å². The third kappa shape index (κ3) is 3.57. The Morgan fingerprint density at radius 3 is 2.52 bits per heavy atom. The summed E-state index contributed by atoms with van der Waals surface area (Å²) in [4.78, 5) is 21.0. The summed E-state index contributed by atoms with van der Waals surface area (Å²) in [6, 6.07) is 4.46. The molecule has 0 atom stereocenters. The highest BCUT2D eigenvalue weighted by atomic mass is 15.2. The molecule has 3 aromatic heterocycles. The Morgan fingerprint density at radius 2 is 1.77 bits per heavy atom. The number of hydrogen-bond donors (Lipinski definition) is 2. The molecule has 0 radical (unpaired) electrons. The molecule has 0 aliphatic carbocycles. The van der Waals surface area contributed by atoms with Gasteiger partial charge in [-0.1, -0.05) is 0 Å². The van der Waals surface area contributed by atoms with E-state index in [0.29, 0.717) is 12.0 Å². The standard InChI is InChI=1S/C23H28N8/c1-14(2)31-13-27-20-16(4)9-17-11-26-23(29-21(17)22(20)31)28-19-10-15(3)18(12-25-19)30-7-5-24-6-8-30/h9-14,24H,5-8H2,1-4H3,(H,25,26,28,29). The number of nitrogens with zero attached hydrogens (tertiary/aromatic N) is 6. The first-order valence-corrected chi connectivity index (χ1v) is 10.8. The van der Waals surface area contributed by atoms with Gasteiger partial charge in [-0.25, -0.2) is 19.9 Å². The minimum Gasteiger partial charge on any atom is -0.368 e. The number of fused-ring (bicyclic) bond motifs is 3. The van der Waals surface area contributed by atoms with Crippen molar-refractivity contribution < 1.29 is 0 Å². The molecule has 0 amide bonds. The molecule has 0 spiro atoms. The molecule has 2 N–H and O–H groups in total. The highest BCUT2D eigenvalue weighted by Gasteiger charge is 2.16. The van der Waals surface area contributed by atoms with Crippen molar-refractivity contribution >= 4 is 39.4 Å². The highest BCUT2D eigenvalue weighted by molar-refractivity contribution is 6.03. The predicted octanol–water partition coefficient (Wildman–Crippen LogP) is 3.73. The summed E-state index contributed by atoms with van der Waals surface area (Å²) in [6.07, 6.45) is 5.72. The summed E-state index contributed by atoms with van der Waals surface area (Å²) in [7, 11) is 0. The van der Waals surface area contributed by atoms with Crippen LogP contribution in [-0.2, 0) is 0 Å². The fourth-order valence-corrected chi connectivity index (χ4v) is 4.29. The van der Waals surface area contributed by atoms with Gasteiger partial charge < -0.3 is 20.1 Å². The second-order valence-corrected chi connectivity index (χ2v) is 8.49. The number of piperazine rings is 1. The zero-order chi connectivity index (χ0) is 21.5. The van der Waals surface area contributed by atoms with Crippen molar-refractivity contribution in [3.05, 3.63) is 42.0 Å². The van der Waals surface area contributed by atoms with Gasteiger partial charge in [-0.05, 0) is 51.0 Å². The first kappa shape index (κ1) is 19.7. The summed E-state index contributed by atoms with van der Waals surface area (Å²) in [5.41, 5.74) is 6.44. The number of aryl methyl sites for hydroxylation is 2. The Morgan fingerprint density at radius 1 is 0.968 bits per heavy atom. The molecule has 0 unspecified atom stereocenters. The maximum absolute atomic E-state index is 4.86. The molecule has 1 aliphatic rings. The SMILES string of the molecule is Cc1cc(Nc2ncc3cc(C)c4ncn(C(C)C)c4c3n2)ncc1N1CCNCC1. The van der Waals surface area contributed by atoms with Crippen molar-refractivity contribution in [1.29, 1.82) is 0 Å². The van der Waals surface area contributed by atoms with Gasteiger partial charge in [0, 0.05) is 43.8 Å². The van der Waals surface area contributed by atoms with Crippen LogP contribution in [0.25, 0.3) is 21.9 Å². The van der Waals surface area contributed by atoms with Gasteiger partial charge >= 0.3 is 0 Å². The molecular formula is C23H28N8. The third-order valence-corrected chi connectivity index (χ3v) is 5.92. The minimum absolute atomic E-state index is 0.295. The number of pyridine rings is 1. The van der Waals surface area contributed by atoms with E-state index in [0.717, 1.165) is 59.5 Å². The smallest absolute Gasteiger partial charge is 0.228 e. The van der Waals surface area contributed by atoms with Gasteiger partial charge in [0.25, 0.3) is 0 Å². The molecule has 31 heavy (non-hydrogen) atoms. The second kappa shape index (κ2) is 7.77. The van der Waals surface area contributed by atoms with E-state index in [1.54, 1.807) is 0 Å². The molecule has 5 rings (SSSR count). The lowest BCUT2D eigenvalue weighted by molar-refractivity contribution is 0.588. The van der Waals surface area contributed by atoms with Crippen LogP contribution < -0.4 is 15.5 Å². The molecule has 4 heterocycles. The van der Waals surface area contributed by atoms with Gasteiger partial charge in [0.2, 0.25) is 5.95 Å². The average Bonchev–Trinajstić information content (AvgIpc) is 3.22. The van der Waals surface area contributed by atoms with Crippen molar-refractivity contribution in [2.45, 2.75) is 33.7 Å². The van der Waals surface area contributed by atoms with E-state index in [-0.39, 0.29) is 0 Å². The molecular weight excluding hydrogens is 388 g/mol. The first-order valence-electron chi connectivity index (χ1n) is 10.8. The zero-order valence-electron chi connectivity index (χ0n) is 18.5. The van der Waals surface area contributed by atoms with Crippen molar-refractivity contribution in [2.75, 3.05) is 36.4 Å². The Hall–Kier alpha value is -3.26. The lowest BCUT2D eigenvalue weighted by Gasteiger charge is -2.30. The van der Waals surface area contributed by atoms with E-state index in [2.05, 4.69) is 74.9 Å². The maximum Gasteiger partial charge on any atom is 0.228 e. The minimum atomic E-state index is 0.295. The summed E-state index contributed by atoms with van der Waals surface area (Å²) in [5.74, 6) is 1.28. The Kier molecular flexibility index (Phi) is 4.94. The van der Waals surface area contributed by atoms with Crippen LogP contribution in [0, 0.1) is 13.8 Å². The molecule has 0 bridgehead atoms. The zero-order valence-corrected chi connectivity index (χ0v) is 18.5. The topological polar surface area (TPSA) is 83.8 Å². The van der Waals surface area contributed by atoms with Gasteiger partial charge in [0.05, 0.1) is 29.2 Å². The van der Waals surface area contributed by atoms with E-state index >= 15 is 0 Å².